The monoisotopic (exact) mass is 715 g/mol. The van der Waals surface area contributed by atoms with Gasteiger partial charge >= 0.3 is 5.97 Å². The molecule has 6 N–H and O–H groups in total. The lowest BCUT2D eigenvalue weighted by Gasteiger charge is -2.19. The van der Waals surface area contributed by atoms with Gasteiger partial charge in [-0.25, -0.2) is 18.2 Å². The zero-order valence-electron chi connectivity index (χ0n) is 24.2. The van der Waals surface area contributed by atoms with Crippen molar-refractivity contribution >= 4 is 62.8 Å². The molecule has 0 aliphatic carbocycles. The van der Waals surface area contributed by atoms with E-state index in [1.807, 2.05) is 0 Å². The van der Waals surface area contributed by atoms with Crippen LogP contribution >= 0.6 is 15.9 Å². The van der Waals surface area contributed by atoms with Crippen LogP contribution in [0.25, 0.3) is 0 Å². The van der Waals surface area contributed by atoms with Crippen molar-refractivity contribution in [1.82, 2.24) is 15.3 Å². The van der Waals surface area contributed by atoms with Gasteiger partial charge in [0.05, 0.1) is 10.9 Å². The molecule has 0 saturated heterocycles. The number of aromatic nitrogens is 2. The number of ether oxygens (including phenoxy) is 1. The summed E-state index contributed by atoms with van der Waals surface area (Å²) >= 11 is 3.35. The second-order valence-corrected chi connectivity index (χ2v) is 10.9. The number of rotatable bonds is 14. The minimum Gasteiger partial charge on any atom is -0.420 e. The van der Waals surface area contributed by atoms with Gasteiger partial charge in [-0.05, 0) is 54.4 Å². The SMILES string of the molecule is CC(C)(C(N)=O)C(=O)NCCCNc1nc(Nc2cccc(NC(=O)CCC(=O)Oc3c(F)c(F)c(F)c(F)c3F)c2)ncc1Br. The molecule has 0 aliphatic heterocycles. The van der Waals surface area contributed by atoms with Gasteiger partial charge in [-0.1, -0.05) is 6.07 Å². The predicted octanol–water partition coefficient (Wildman–Crippen LogP) is 4.43. The zero-order valence-corrected chi connectivity index (χ0v) is 25.8. The average molecular weight is 716 g/mol. The number of carbonyl (C=O) groups is 4. The van der Waals surface area contributed by atoms with Gasteiger partial charge < -0.3 is 31.7 Å². The minimum absolute atomic E-state index is 0.182. The summed E-state index contributed by atoms with van der Waals surface area (Å²) in [5, 5.41) is 11.2. The molecule has 1 heterocycles. The Balaban J connectivity index is 1.51. The van der Waals surface area contributed by atoms with Crippen molar-refractivity contribution in [2.45, 2.75) is 33.1 Å². The molecule has 246 valence electrons. The molecule has 0 radical (unpaired) electrons. The Morgan fingerprint density at radius 3 is 2.22 bits per heavy atom. The van der Waals surface area contributed by atoms with Crippen molar-refractivity contribution in [1.29, 1.82) is 0 Å². The maximum Gasteiger partial charge on any atom is 0.311 e. The highest BCUT2D eigenvalue weighted by molar-refractivity contribution is 9.10. The number of nitrogens with zero attached hydrogens (tertiary/aromatic N) is 2. The number of anilines is 4. The van der Waals surface area contributed by atoms with Crippen LogP contribution in [-0.4, -0.2) is 46.7 Å². The number of nitrogens with one attached hydrogen (secondary N) is 4. The lowest BCUT2D eigenvalue weighted by Crippen LogP contribution is -2.46. The van der Waals surface area contributed by atoms with E-state index in [1.54, 1.807) is 12.1 Å². The highest BCUT2D eigenvalue weighted by atomic mass is 79.9. The number of halogens is 6. The van der Waals surface area contributed by atoms with Crippen LogP contribution in [0.4, 0.5) is 45.1 Å². The smallest absolute Gasteiger partial charge is 0.311 e. The van der Waals surface area contributed by atoms with Gasteiger partial charge in [-0.2, -0.15) is 13.8 Å². The number of benzene rings is 2. The van der Waals surface area contributed by atoms with E-state index < -0.39 is 76.8 Å². The maximum atomic E-state index is 13.7. The van der Waals surface area contributed by atoms with E-state index in [9.17, 15) is 41.1 Å². The highest BCUT2D eigenvalue weighted by Gasteiger charge is 2.33. The van der Waals surface area contributed by atoms with Crippen LogP contribution in [-0.2, 0) is 19.2 Å². The molecule has 18 heteroatoms. The molecule has 3 aromatic rings. The first-order valence-electron chi connectivity index (χ1n) is 13.4. The van der Waals surface area contributed by atoms with Crippen LogP contribution in [0.1, 0.15) is 33.1 Å². The van der Waals surface area contributed by atoms with Crippen molar-refractivity contribution in [2.75, 3.05) is 29.0 Å². The summed E-state index contributed by atoms with van der Waals surface area (Å²) in [6, 6.07) is 6.27. The number of esters is 1. The fourth-order valence-corrected chi connectivity index (χ4v) is 3.79. The van der Waals surface area contributed by atoms with Crippen LogP contribution < -0.4 is 31.7 Å². The third kappa shape index (κ3) is 9.09. The van der Waals surface area contributed by atoms with Crippen LogP contribution in [0, 0.1) is 34.5 Å². The normalized spacial score (nSPS) is 11.0. The quantitative estimate of drug-likeness (QED) is 0.0307. The van der Waals surface area contributed by atoms with Crippen LogP contribution in [0.3, 0.4) is 0 Å². The zero-order chi connectivity index (χ0) is 34.2. The Hall–Kier alpha value is -4.87. The van der Waals surface area contributed by atoms with Crippen LogP contribution in [0.2, 0.25) is 0 Å². The summed E-state index contributed by atoms with van der Waals surface area (Å²) in [6.45, 7) is 3.55. The molecule has 3 amide bonds. The standard InChI is InChI=1S/C28H27BrF5N7O5/c1-28(2,25(35)44)26(45)37-10-4-9-36-24-15(29)12-38-27(41-24)40-14-6-3-5-13(11-14)39-16(42)7-8-17(43)46-23-21(33)19(31)18(30)20(32)22(23)34/h3,5-6,11-12H,4,7-10H2,1-2H3,(H2,35,44)(H,37,45)(H,39,42)(H2,36,38,40,41). The van der Waals surface area contributed by atoms with Crippen molar-refractivity contribution in [3.63, 3.8) is 0 Å². The number of hydrogen-bond acceptors (Lipinski definition) is 9. The summed E-state index contributed by atoms with van der Waals surface area (Å²) in [6.07, 6.45) is 0.717. The van der Waals surface area contributed by atoms with Gasteiger partial charge in [0.25, 0.3) is 0 Å². The summed E-state index contributed by atoms with van der Waals surface area (Å²) in [5.74, 6) is -16.1. The first-order chi connectivity index (χ1) is 21.6. The van der Waals surface area contributed by atoms with Crippen molar-refractivity contribution in [2.24, 2.45) is 11.1 Å². The van der Waals surface area contributed by atoms with Gasteiger partial charge in [0.1, 0.15) is 11.2 Å². The Kier molecular flexibility index (Phi) is 11.9. The number of nitrogens with two attached hydrogens (primary N) is 1. The second-order valence-electron chi connectivity index (χ2n) is 10.0. The topological polar surface area (TPSA) is 177 Å². The lowest BCUT2D eigenvalue weighted by molar-refractivity contribution is -0.139. The van der Waals surface area contributed by atoms with E-state index in [0.717, 1.165) is 0 Å². The van der Waals surface area contributed by atoms with E-state index in [1.165, 1.54) is 32.2 Å². The Morgan fingerprint density at radius 1 is 0.935 bits per heavy atom. The predicted molar refractivity (Wildman–Crippen MR) is 158 cm³/mol. The Labute approximate surface area is 266 Å². The number of primary amides is 1. The summed E-state index contributed by atoms with van der Waals surface area (Å²) < 4.78 is 72.1. The van der Waals surface area contributed by atoms with Crippen LogP contribution in [0.5, 0.6) is 5.75 Å². The molecule has 0 atom stereocenters. The summed E-state index contributed by atoms with van der Waals surface area (Å²) in [5.41, 5.74) is 4.64. The van der Waals surface area contributed by atoms with Gasteiger partial charge in [-0.15, -0.1) is 0 Å². The molecule has 12 nitrogen and oxygen atoms in total. The van der Waals surface area contributed by atoms with Crippen LogP contribution in [0.15, 0.2) is 34.9 Å². The van der Waals surface area contributed by atoms with Gasteiger partial charge in [0.2, 0.25) is 58.5 Å². The van der Waals surface area contributed by atoms with Gasteiger partial charge in [0, 0.05) is 37.1 Å². The largest absolute Gasteiger partial charge is 0.420 e. The molecule has 1 aromatic heterocycles. The molecule has 0 bridgehead atoms. The lowest BCUT2D eigenvalue weighted by atomic mass is 9.91. The maximum absolute atomic E-state index is 13.7. The summed E-state index contributed by atoms with van der Waals surface area (Å²) in [7, 11) is 0. The highest BCUT2D eigenvalue weighted by Crippen LogP contribution is 2.29. The van der Waals surface area contributed by atoms with Gasteiger partial charge in [0.15, 0.2) is 0 Å². The minimum atomic E-state index is -2.40. The molecule has 3 rings (SSSR count). The molecule has 0 spiro atoms. The number of amides is 3. The van der Waals surface area contributed by atoms with E-state index in [4.69, 9.17) is 5.73 Å². The molecule has 0 saturated carbocycles. The van der Waals surface area contributed by atoms with E-state index in [0.29, 0.717) is 28.9 Å². The third-order valence-electron chi connectivity index (χ3n) is 6.20. The van der Waals surface area contributed by atoms with Crippen molar-refractivity contribution in [3.8, 4) is 5.75 Å². The number of hydrogen-bond donors (Lipinski definition) is 5. The molecule has 0 aliphatic rings. The third-order valence-corrected chi connectivity index (χ3v) is 6.78. The summed E-state index contributed by atoms with van der Waals surface area (Å²) in [4.78, 5) is 56.3. The molecular weight excluding hydrogens is 689 g/mol. The molecule has 2 aromatic carbocycles. The van der Waals surface area contributed by atoms with Crippen molar-refractivity contribution in [3.05, 3.63) is 64.0 Å². The molecule has 0 unspecified atom stereocenters. The molecule has 46 heavy (non-hydrogen) atoms. The Morgan fingerprint density at radius 2 is 1.57 bits per heavy atom. The first-order valence-corrected chi connectivity index (χ1v) is 14.1. The van der Waals surface area contributed by atoms with Gasteiger partial charge in [-0.3, -0.25) is 19.2 Å². The second kappa shape index (κ2) is 15.4. The van der Waals surface area contributed by atoms with E-state index in [-0.39, 0.29) is 18.2 Å². The Bertz CT molecular complexity index is 1630. The molecular formula is C28H27BrF5N7O5. The van der Waals surface area contributed by atoms with Crippen molar-refractivity contribution < 1.29 is 45.9 Å². The van der Waals surface area contributed by atoms with E-state index >= 15 is 0 Å². The average Bonchev–Trinajstić information content (AvgIpc) is 3.01. The first kappa shape index (κ1) is 35.6. The number of carbonyl (C=O) groups excluding carboxylic acids is 4. The fourth-order valence-electron chi connectivity index (χ4n) is 3.46. The fraction of sp³-hybridized carbons (Fsp3) is 0.286. The van der Waals surface area contributed by atoms with E-state index in [2.05, 4.69) is 51.9 Å². The molecule has 0 fully saturated rings.